The lowest BCUT2D eigenvalue weighted by molar-refractivity contribution is -0.140. The molecular formula is C23H25FN2O4. The van der Waals surface area contributed by atoms with Crippen molar-refractivity contribution in [2.75, 3.05) is 32.8 Å². The van der Waals surface area contributed by atoms with Gasteiger partial charge < -0.3 is 14.8 Å². The van der Waals surface area contributed by atoms with Gasteiger partial charge >= 0.3 is 5.97 Å². The number of rotatable bonds is 5. The molecule has 2 unspecified atom stereocenters. The molecule has 0 aliphatic carbocycles. The fourth-order valence-corrected chi connectivity index (χ4v) is 4.10. The number of hydrogen-bond donors (Lipinski definition) is 1. The number of benzene rings is 2. The van der Waals surface area contributed by atoms with Gasteiger partial charge in [-0.3, -0.25) is 9.69 Å². The summed E-state index contributed by atoms with van der Waals surface area (Å²) in [5.74, 6) is -1.17. The minimum absolute atomic E-state index is 0.205. The summed E-state index contributed by atoms with van der Waals surface area (Å²) in [4.78, 5) is 27.6. The van der Waals surface area contributed by atoms with Gasteiger partial charge in [-0.25, -0.2) is 9.18 Å². The van der Waals surface area contributed by atoms with E-state index < -0.39 is 11.6 Å². The molecule has 2 aromatic carbocycles. The first-order valence-electron chi connectivity index (χ1n) is 10.1. The van der Waals surface area contributed by atoms with Gasteiger partial charge in [0.1, 0.15) is 5.82 Å². The van der Waals surface area contributed by atoms with Gasteiger partial charge in [-0.1, -0.05) is 30.3 Å². The van der Waals surface area contributed by atoms with Crippen LogP contribution in [0.3, 0.4) is 0 Å². The van der Waals surface area contributed by atoms with Crippen molar-refractivity contribution in [1.29, 1.82) is 0 Å². The van der Waals surface area contributed by atoms with Crippen LogP contribution in [-0.4, -0.2) is 55.2 Å². The summed E-state index contributed by atoms with van der Waals surface area (Å²) in [5.41, 5.74) is 0.784. The van der Waals surface area contributed by atoms with E-state index in [-0.39, 0.29) is 24.3 Å². The molecule has 2 aliphatic heterocycles. The van der Waals surface area contributed by atoms with Gasteiger partial charge in [-0.15, -0.1) is 0 Å². The number of halogens is 1. The van der Waals surface area contributed by atoms with Crippen LogP contribution in [0.4, 0.5) is 4.39 Å². The molecule has 6 nitrogen and oxygen atoms in total. The van der Waals surface area contributed by atoms with Gasteiger partial charge in [0.2, 0.25) is 0 Å². The summed E-state index contributed by atoms with van der Waals surface area (Å²) in [5, 5.41) is 2.94. The Bertz CT molecular complexity index is 944. The summed E-state index contributed by atoms with van der Waals surface area (Å²) in [6, 6.07) is 13.4. The van der Waals surface area contributed by atoms with E-state index in [9.17, 15) is 14.0 Å². The molecule has 7 heteroatoms. The van der Waals surface area contributed by atoms with Gasteiger partial charge in [0.05, 0.1) is 24.8 Å². The first kappa shape index (κ1) is 20.5. The number of carbonyl (C=O) groups excluding carboxylic acids is 2. The molecule has 0 bridgehead atoms. The smallest absolute Gasteiger partial charge is 0.339 e. The van der Waals surface area contributed by atoms with Crippen LogP contribution in [0, 0.1) is 5.82 Å². The number of nitrogens with zero attached hydrogens (tertiary/aromatic N) is 1. The molecule has 4 rings (SSSR count). The Morgan fingerprint density at radius 1 is 1.20 bits per heavy atom. The van der Waals surface area contributed by atoms with Gasteiger partial charge in [0.15, 0.2) is 5.60 Å². The topological polar surface area (TPSA) is 67.9 Å². The molecule has 30 heavy (non-hydrogen) atoms. The molecule has 0 aromatic heterocycles. The van der Waals surface area contributed by atoms with E-state index in [4.69, 9.17) is 9.47 Å². The zero-order valence-electron chi connectivity index (χ0n) is 16.9. The number of hydrogen-bond acceptors (Lipinski definition) is 5. The summed E-state index contributed by atoms with van der Waals surface area (Å²) in [7, 11) is 0. The lowest BCUT2D eigenvalue weighted by atomic mass is 9.89. The van der Waals surface area contributed by atoms with E-state index in [2.05, 4.69) is 10.2 Å². The minimum Gasteiger partial charge on any atom is -0.445 e. The fourth-order valence-electron chi connectivity index (χ4n) is 4.10. The molecule has 0 saturated carbocycles. The Kier molecular flexibility index (Phi) is 5.83. The average molecular weight is 412 g/mol. The molecule has 158 valence electrons. The molecule has 2 aromatic rings. The number of amides is 1. The molecule has 1 saturated heterocycles. The molecule has 0 radical (unpaired) electrons. The van der Waals surface area contributed by atoms with Crippen molar-refractivity contribution < 1.29 is 23.5 Å². The Morgan fingerprint density at radius 2 is 1.97 bits per heavy atom. The van der Waals surface area contributed by atoms with Crippen molar-refractivity contribution in [1.82, 2.24) is 10.2 Å². The standard InChI is InChI=1S/C23H25FN2O4/c1-23(14-17-5-2-3-8-19(17)21(27)30-23)22(28)25-15-20(26-9-11-29-12-10-26)16-6-4-7-18(24)13-16/h2-8,13,20H,9-12,14-15H2,1H3,(H,25,28). The highest BCUT2D eigenvalue weighted by molar-refractivity contribution is 5.97. The van der Waals surface area contributed by atoms with Crippen molar-refractivity contribution >= 4 is 11.9 Å². The van der Waals surface area contributed by atoms with Crippen molar-refractivity contribution in [3.8, 4) is 0 Å². The normalized spacial score (nSPS) is 22.7. The Balaban J connectivity index is 1.50. The number of nitrogens with one attached hydrogen (secondary N) is 1. The number of fused-ring (bicyclic) bond motifs is 1. The number of carbonyl (C=O) groups is 2. The third kappa shape index (κ3) is 4.22. The maximum atomic E-state index is 13.8. The predicted molar refractivity (Wildman–Crippen MR) is 109 cm³/mol. The Morgan fingerprint density at radius 3 is 2.73 bits per heavy atom. The highest BCUT2D eigenvalue weighted by atomic mass is 19.1. The maximum absolute atomic E-state index is 13.8. The van der Waals surface area contributed by atoms with Crippen molar-refractivity contribution in [2.45, 2.75) is 25.0 Å². The zero-order valence-corrected chi connectivity index (χ0v) is 16.9. The number of cyclic esters (lactones) is 1. The predicted octanol–water partition coefficient (Wildman–Crippen LogP) is 2.49. The van der Waals surface area contributed by atoms with E-state index in [0.717, 1.165) is 11.1 Å². The van der Waals surface area contributed by atoms with Gasteiger partial charge in [0.25, 0.3) is 5.91 Å². The molecule has 1 fully saturated rings. The molecule has 2 aliphatic rings. The van der Waals surface area contributed by atoms with Gasteiger partial charge in [-0.2, -0.15) is 0 Å². The lowest BCUT2D eigenvalue weighted by Crippen LogP contribution is -2.53. The third-order valence-electron chi connectivity index (χ3n) is 5.74. The second-order valence-electron chi connectivity index (χ2n) is 7.88. The van der Waals surface area contributed by atoms with E-state index in [1.807, 2.05) is 18.2 Å². The largest absolute Gasteiger partial charge is 0.445 e. The molecule has 2 atom stereocenters. The van der Waals surface area contributed by atoms with E-state index in [1.54, 1.807) is 25.1 Å². The second-order valence-corrected chi connectivity index (χ2v) is 7.88. The third-order valence-corrected chi connectivity index (χ3v) is 5.74. The van der Waals surface area contributed by atoms with Crippen LogP contribution in [0.5, 0.6) is 0 Å². The Labute approximate surface area is 175 Å². The second kappa shape index (κ2) is 8.53. The van der Waals surface area contributed by atoms with Crippen LogP contribution < -0.4 is 5.32 Å². The average Bonchev–Trinajstić information content (AvgIpc) is 2.74. The highest BCUT2D eigenvalue weighted by Crippen LogP contribution is 2.29. The quantitative estimate of drug-likeness (QED) is 0.765. The van der Waals surface area contributed by atoms with Gasteiger partial charge in [-0.05, 0) is 36.2 Å². The van der Waals surface area contributed by atoms with Gasteiger partial charge in [0, 0.05) is 26.1 Å². The molecule has 2 heterocycles. The molecule has 1 amide bonds. The van der Waals surface area contributed by atoms with Crippen LogP contribution >= 0.6 is 0 Å². The lowest BCUT2D eigenvalue weighted by Gasteiger charge is -2.37. The van der Waals surface area contributed by atoms with Crippen LogP contribution in [0.25, 0.3) is 0 Å². The fraction of sp³-hybridized carbons (Fsp3) is 0.391. The summed E-state index contributed by atoms with van der Waals surface area (Å²) in [6.07, 6.45) is 0.308. The van der Waals surface area contributed by atoms with E-state index >= 15 is 0 Å². The van der Waals surface area contributed by atoms with Crippen LogP contribution in [-0.2, 0) is 20.7 Å². The SMILES string of the molecule is CC1(C(=O)NCC(c2cccc(F)c2)N2CCOCC2)Cc2ccccc2C(=O)O1. The Hall–Kier alpha value is -2.77. The van der Waals surface area contributed by atoms with Crippen LogP contribution in [0.2, 0.25) is 0 Å². The molecule has 0 spiro atoms. The van der Waals surface area contributed by atoms with Crippen molar-refractivity contribution in [3.63, 3.8) is 0 Å². The zero-order chi connectivity index (χ0) is 21.1. The van der Waals surface area contributed by atoms with Crippen LogP contribution in [0.15, 0.2) is 48.5 Å². The minimum atomic E-state index is -1.29. The number of ether oxygens (including phenoxy) is 2. The summed E-state index contributed by atoms with van der Waals surface area (Å²) < 4.78 is 24.8. The number of morpholine rings is 1. The number of esters is 1. The first-order chi connectivity index (χ1) is 14.5. The summed E-state index contributed by atoms with van der Waals surface area (Å²) in [6.45, 7) is 4.46. The highest BCUT2D eigenvalue weighted by Gasteiger charge is 2.42. The molecule has 1 N–H and O–H groups in total. The maximum Gasteiger partial charge on any atom is 0.339 e. The summed E-state index contributed by atoms with van der Waals surface area (Å²) >= 11 is 0. The van der Waals surface area contributed by atoms with Crippen LogP contribution in [0.1, 0.15) is 34.5 Å². The first-order valence-corrected chi connectivity index (χ1v) is 10.1. The van der Waals surface area contributed by atoms with E-state index in [0.29, 0.717) is 38.3 Å². The monoisotopic (exact) mass is 412 g/mol. The molecular weight excluding hydrogens is 387 g/mol. The van der Waals surface area contributed by atoms with Crippen molar-refractivity contribution in [3.05, 3.63) is 71.0 Å². The van der Waals surface area contributed by atoms with E-state index in [1.165, 1.54) is 12.1 Å². The van der Waals surface area contributed by atoms with Crippen molar-refractivity contribution in [2.24, 2.45) is 0 Å².